The Morgan fingerprint density at radius 3 is 2.41 bits per heavy atom. The van der Waals surface area contributed by atoms with E-state index in [0.29, 0.717) is 0 Å². The van der Waals surface area contributed by atoms with Gasteiger partial charge in [0.05, 0.1) is 0 Å². The molecule has 0 fully saturated rings. The maximum Gasteiger partial charge on any atom is 0.0136 e. The van der Waals surface area contributed by atoms with E-state index in [4.69, 9.17) is 0 Å². The van der Waals surface area contributed by atoms with Crippen LogP contribution in [0.3, 0.4) is 0 Å². The fourth-order valence-electron chi connectivity index (χ4n) is 3.30. The average molecular weight is 462 g/mol. The lowest BCUT2D eigenvalue weighted by Gasteiger charge is -2.07. The summed E-state index contributed by atoms with van der Waals surface area (Å²) in [6.45, 7) is 12.4. The first-order valence-electron chi connectivity index (χ1n) is 9.02. The number of allylic oxidation sites excluding steroid dienone is 3. The molecule has 0 heterocycles. The topological polar surface area (TPSA) is 0 Å². The molecule has 0 spiro atoms. The molecule has 0 nitrogen and oxygen atoms in total. The summed E-state index contributed by atoms with van der Waals surface area (Å²) in [6.07, 6.45) is 10.4. The van der Waals surface area contributed by atoms with Crippen LogP contribution in [-0.4, -0.2) is 0 Å². The largest absolute Gasteiger partial charge is 0.0984 e. The van der Waals surface area contributed by atoms with E-state index in [1.54, 1.807) is 0 Å². The third-order valence-corrected chi connectivity index (χ3v) is 5.41. The van der Waals surface area contributed by atoms with Crippen LogP contribution < -0.4 is 10.4 Å². The monoisotopic (exact) mass is 462 g/mol. The summed E-state index contributed by atoms with van der Waals surface area (Å²) in [7, 11) is 0. The van der Waals surface area contributed by atoms with Gasteiger partial charge in [0.1, 0.15) is 0 Å². The fraction of sp³-hybridized carbons (Fsp3) is 0.0769. The van der Waals surface area contributed by atoms with E-state index in [1.807, 2.05) is 19.1 Å². The maximum atomic E-state index is 4.31. The van der Waals surface area contributed by atoms with Gasteiger partial charge < -0.3 is 0 Å². The Balaban J connectivity index is 2.14. The first-order chi connectivity index (χ1) is 13.1. The number of halogens is 1. The molecule has 0 aromatic heterocycles. The van der Waals surface area contributed by atoms with Gasteiger partial charge in [-0.05, 0) is 104 Å². The molecule has 0 saturated carbocycles. The highest BCUT2D eigenvalue weighted by Gasteiger charge is 2.03. The maximum absolute atomic E-state index is 4.31. The normalized spacial score (nSPS) is 12.9. The molecule has 0 atom stereocenters. The second kappa shape index (κ2) is 8.53. The van der Waals surface area contributed by atoms with Crippen molar-refractivity contribution in [2.45, 2.75) is 13.8 Å². The molecule has 0 saturated heterocycles. The smallest absolute Gasteiger partial charge is 0.0136 e. The lowest BCUT2D eigenvalue weighted by molar-refractivity contribution is 1.47. The lowest BCUT2D eigenvalue weighted by Crippen LogP contribution is -2.26. The van der Waals surface area contributed by atoms with Gasteiger partial charge in [0.2, 0.25) is 0 Å². The summed E-state index contributed by atoms with van der Waals surface area (Å²) in [4.78, 5) is 0. The molecule has 0 unspecified atom stereocenters. The van der Waals surface area contributed by atoms with Gasteiger partial charge in [0.25, 0.3) is 0 Å². The molecule has 3 aromatic rings. The molecule has 1 heteroatoms. The molecule has 134 valence electrons. The Labute approximate surface area is 175 Å². The zero-order chi connectivity index (χ0) is 19.4. The Bertz CT molecular complexity index is 1180. The van der Waals surface area contributed by atoms with Gasteiger partial charge >= 0.3 is 0 Å². The van der Waals surface area contributed by atoms with Crippen molar-refractivity contribution in [1.82, 2.24) is 0 Å². The Hall–Kier alpha value is -2.39. The standard InChI is InChI=1S/C26H23I/c1-5-8-20-9-10-21(18(4)26(20)7-3)15-19(6-2)22-11-12-24-17-25(27)14-13-23(24)16-22/h5-17H,3-4H2,1-2H3/b8-5-,19-6+,21-15-. The van der Waals surface area contributed by atoms with Crippen LogP contribution in [0.25, 0.3) is 41.2 Å². The summed E-state index contributed by atoms with van der Waals surface area (Å²) in [5.74, 6) is 0. The van der Waals surface area contributed by atoms with Gasteiger partial charge in [-0.15, -0.1) is 0 Å². The number of hydrogen-bond donors (Lipinski definition) is 0. The van der Waals surface area contributed by atoms with E-state index < -0.39 is 0 Å². The van der Waals surface area contributed by atoms with Crippen LogP contribution in [0.1, 0.15) is 30.5 Å². The minimum atomic E-state index is 1.01. The van der Waals surface area contributed by atoms with Crippen LogP contribution >= 0.6 is 22.6 Å². The van der Waals surface area contributed by atoms with Crippen molar-refractivity contribution < 1.29 is 0 Å². The van der Waals surface area contributed by atoms with Gasteiger partial charge in [-0.3, -0.25) is 0 Å². The van der Waals surface area contributed by atoms with Gasteiger partial charge in [-0.25, -0.2) is 0 Å². The van der Waals surface area contributed by atoms with Crippen LogP contribution in [0.15, 0.2) is 67.3 Å². The molecule has 0 amide bonds. The fourth-order valence-corrected chi connectivity index (χ4v) is 3.81. The lowest BCUT2D eigenvalue weighted by atomic mass is 9.98. The van der Waals surface area contributed by atoms with Crippen LogP contribution in [-0.2, 0) is 0 Å². The van der Waals surface area contributed by atoms with Gasteiger partial charge in [-0.2, -0.15) is 0 Å². The van der Waals surface area contributed by atoms with Crippen LogP contribution in [0.4, 0.5) is 0 Å². The minimum Gasteiger partial charge on any atom is -0.0984 e. The second-order valence-corrected chi connectivity index (χ2v) is 7.68. The van der Waals surface area contributed by atoms with Gasteiger partial charge in [0, 0.05) is 3.57 Å². The second-order valence-electron chi connectivity index (χ2n) is 6.43. The molecule has 3 rings (SSSR count). The third kappa shape index (κ3) is 4.14. The molecule has 0 aliphatic carbocycles. The van der Waals surface area contributed by atoms with E-state index in [0.717, 1.165) is 21.6 Å². The van der Waals surface area contributed by atoms with Crippen LogP contribution in [0.2, 0.25) is 0 Å². The highest BCUT2D eigenvalue weighted by molar-refractivity contribution is 14.1. The Kier molecular flexibility index (Phi) is 6.12. The zero-order valence-corrected chi connectivity index (χ0v) is 18.0. The number of fused-ring (bicyclic) bond motifs is 1. The summed E-state index contributed by atoms with van der Waals surface area (Å²) >= 11 is 2.35. The van der Waals surface area contributed by atoms with Crippen molar-refractivity contribution in [2.75, 3.05) is 0 Å². The first-order valence-corrected chi connectivity index (χ1v) is 10.1. The molecular weight excluding hydrogens is 439 g/mol. The van der Waals surface area contributed by atoms with Crippen molar-refractivity contribution in [1.29, 1.82) is 0 Å². The minimum absolute atomic E-state index is 1.01. The van der Waals surface area contributed by atoms with Crippen LogP contribution in [0, 0.1) is 3.57 Å². The molecule has 3 aromatic carbocycles. The molecule has 0 aliphatic heterocycles. The summed E-state index contributed by atoms with van der Waals surface area (Å²) in [6, 6.07) is 17.4. The van der Waals surface area contributed by atoms with E-state index in [1.165, 1.54) is 25.5 Å². The van der Waals surface area contributed by atoms with Crippen molar-refractivity contribution in [3.05, 3.63) is 98.0 Å². The Morgan fingerprint density at radius 1 is 0.963 bits per heavy atom. The van der Waals surface area contributed by atoms with Crippen LogP contribution in [0.5, 0.6) is 0 Å². The first kappa shape index (κ1) is 19.4. The van der Waals surface area contributed by atoms with E-state index in [-0.39, 0.29) is 0 Å². The van der Waals surface area contributed by atoms with Crippen molar-refractivity contribution in [3.63, 3.8) is 0 Å². The molecular formula is C26H23I. The Morgan fingerprint density at radius 2 is 1.70 bits per heavy atom. The average Bonchev–Trinajstić information content (AvgIpc) is 2.67. The summed E-state index contributed by atoms with van der Waals surface area (Å²) in [5, 5.41) is 4.65. The number of benzene rings is 3. The predicted octanol–water partition coefficient (Wildman–Crippen LogP) is 6.41. The zero-order valence-electron chi connectivity index (χ0n) is 15.8. The molecule has 0 aliphatic rings. The van der Waals surface area contributed by atoms with E-state index in [2.05, 4.69) is 109 Å². The highest BCUT2D eigenvalue weighted by Crippen LogP contribution is 2.23. The predicted molar refractivity (Wildman–Crippen MR) is 131 cm³/mol. The van der Waals surface area contributed by atoms with Crippen molar-refractivity contribution in [2.24, 2.45) is 0 Å². The summed E-state index contributed by atoms with van der Waals surface area (Å²) in [5.41, 5.74) is 4.64. The molecule has 27 heavy (non-hydrogen) atoms. The van der Waals surface area contributed by atoms with Crippen molar-refractivity contribution >= 4 is 63.7 Å². The van der Waals surface area contributed by atoms with E-state index >= 15 is 0 Å². The van der Waals surface area contributed by atoms with Crippen molar-refractivity contribution in [3.8, 4) is 0 Å². The molecule has 0 N–H and O–H groups in total. The summed E-state index contributed by atoms with van der Waals surface area (Å²) < 4.78 is 1.26. The quantitative estimate of drug-likeness (QED) is 0.393. The molecule has 0 bridgehead atoms. The SMILES string of the molecule is C=Cc1c(/C=C\C)cc/c(=C/C(=C\C)c2ccc3cc(I)ccc3c2)c1=C. The number of hydrogen-bond acceptors (Lipinski definition) is 0. The van der Waals surface area contributed by atoms with Gasteiger partial charge in [-0.1, -0.05) is 67.8 Å². The van der Waals surface area contributed by atoms with Gasteiger partial charge in [0.15, 0.2) is 0 Å². The highest BCUT2D eigenvalue weighted by atomic mass is 127. The van der Waals surface area contributed by atoms with E-state index in [9.17, 15) is 0 Å². The third-order valence-electron chi connectivity index (χ3n) is 4.74. The number of rotatable bonds is 4. The molecule has 0 radical (unpaired) electrons.